The number of rotatable bonds is 4. The summed E-state index contributed by atoms with van der Waals surface area (Å²) in [4.78, 5) is 11.5. The summed E-state index contributed by atoms with van der Waals surface area (Å²) >= 11 is 0. The van der Waals surface area contributed by atoms with Gasteiger partial charge in [-0.05, 0) is 34.1 Å². The Hall–Kier alpha value is -0.570. The third kappa shape index (κ3) is 5.22. The number of ether oxygens (including phenoxy) is 1. The van der Waals surface area contributed by atoms with E-state index in [2.05, 4.69) is 0 Å². The van der Waals surface area contributed by atoms with Gasteiger partial charge in [-0.25, -0.2) is 0 Å². The van der Waals surface area contributed by atoms with Crippen LogP contribution in [0.5, 0.6) is 0 Å². The molecule has 2 atom stereocenters. The highest BCUT2D eigenvalue weighted by atomic mass is 16.6. The van der Waals surface area contributed by atoms with Gasteiger partial charge in [0.05, 0.1) is 12.0 Å². The van der Waals surface area contributed by atoms with Crippen LogP contribution in [0.1, 0.15) is 47.5 Å². The lowest BCUT2D eigenvalue weighted by molar-refractivity contribution is -0.163. The summed E-state index contributed by atoms with van der Waals surface area (Å²) in [5.74, 6) is -0.757. The fraction of sp³-hybridized carbons (Fsp3) is 0.909. The largest absolute Gasteiger partial charge is 0.460 e. The molecule has 0 spiro atoms. The predicted octanol–water partition coefficient (Wildman–Crippen LogP) is 2.13. The number of aliphatic hydroxyl groups is 1. The summed E-state index contributed by atoms with van der Waals surface area (Å²) in [5.41, 5.74) is -0.475. The number of hydrogen-bond acceptors (Lipinski definition) is 3. The summed E-state index contributed by atoms with van der Waals surface area (Å²) in [6.45, 7) is 9.15. The Kier molecular flexibility index (Phi) is 5.13. The monoisotopic (exact) mass is 202 g/mol. The average Bonchev–Trinajstić information content (AvgIpc) is 2.00. The van der Waals surface area contributed by atoms with Crippen molar-refractivity contribution in [1.82, 2.24) is 0 Å². The van der Waals surface area contributed by atoms with Crippen LogP contribution in [0.15, 0.2) is 0 Å². The van der Waals surface area contributed by atoms with Crippen LogP contribution in [0.25, 0.3) is 0 Å². The molecule has 0 aliphatic carbocycles. The molecule has 0 aromatic carbocycles. The van der Waals surface area contributed by atoms with Crippen LogP contribution >= 0.6 is 0 Å². The third-order valence-corrected chi connectivity index (χ3v) is 1.94. The maximum absolute atomic E-state index is 11.5. The molecule has 0 heterocycles. The van der Waals surface area contributed by atoms with Crippen LogP contribution in [-0.4, -0.2) is 22.8 Å². The predicted molar refractivity (Wildman–Crippen MR) is 55.9 cm³/mol. The van der Waals surface area contributed by atoms with Crippen LogP contribution in [0.4, 0.5) is 0 Å². The van der Waals surface area contributed by atoms with E-state index in [1.54, 1.807) is 6.92 Å². The number of hydrogen-bond donors (Lipinski definition) is 1. The van der Waals surface area contributed by atoms with Crippen molar-refractivity contribution in [1.29, 1.82) is 0 Å². The summed E-state index contributed by atoms with van der Waals surface area (Å²) in [6, 6.07) is 0. The molecule has 0 amide bonds. The highest BCUT2D eigenvalue weighted by molar-refractivity contribution is 5.73. The first kappa shape index (κ1) is 13.4. The molecule has 0 bridgehead atoms. The molecule has 2 unspecified atom stereocenters. The molecular formula is C11H22O3. The third-order valence-electron chi connectivity index (χ3n) is 1.94. The van der Waals surface area contributed by atoms with Gasteiger partial charge >= 0.3 is 5.97 Å². The molecule has 1 N–H and O–H groups in total. The molecule has 0 aromatic heterocycles. The van der Waals surface area contributed by atoms with Gasteiger partial charge in [-0.2, -0.15) is 0 Å². The molecular weight excluding hydrogens is 180 g/mol. The van der Waals surface area contributed by atoms with E-state index in [4.69, 9.17) is 4.74 Å². The van der Waals surface area contributed by atoms with Gasteiger partial charge in [0.1, 0.15) is 5.60 Å². The molecule has 0 fully saturated rings. The van der Waals surface area contributed by atoms with Gasteiger partial charge in [0.25, 0.3) is 0 Å². The molecule has 3 nitrogen and oxygen atoms in total. The highest BCUT2D eigenvalue weighted by Crippen LogP contribution is 2.15. The van der Waals surface area contributed by atoms with E-state index in [0.717, 1.165) is 6.42 Å². The van der Waals surface area contributed by atoms with Crippen molar-refractivity contribution in [2.24, 2.45) is 5.92 Å². The second-order valence-corrected chi connectivity index (χ2v) is 4.68. The van der Waals surface area contributed by atoms with E-state index in [1.165, 1.54) is 0 Å². The Labute approximate surface area is 86.5 Å². The van der Waals surface area contributed by atoms with Gasteiger partial charge in [-0.15, -0.1) is 0 Å². The van der Waals surface area contributed by atoms with Crippen LogP contribution in [0.3, 0.4) is 0 Å². The van der Waals surface area contributed by atoms with Crippen LogP contribution in [-0.2, 0) is 9.53 Å². The first-order valence-electron chi connectivity index (χ1n) is 5.19. The summed E-state index contributed by atoms with van der Waals surface area (Å²) in [6.07, 6.45) is 0.921. The van der Waals surface area contributed by atoms with Gasteiger partial charge < -0.3 is 9.84 Å². The van der Waals surface area contributed by atoms with Crippen molar-refractivity contribution in [3.63, 3.8) is 0 Å². The van der Waals surface area contributed by atoms with Crippen molar-refractivity contribution >= 4 is 5.97 Å². The van der Waals surface area contributed by atoms with E-state index in [-0.39, 0.29) is 5.97 Å². The van der Waals surface area contributed by atoms with Crippen molar-refractivity contribution in [2.45, 2.75) is 59.2 Å². The average molecular weight is 202 g/mol. The molecule has 14 heavy (non-hydrogen) atoms. The number of carbonyl (C=O) groups is 1. The Bertz CT molecular complexity index is 181. The van der Waals surface area contributed by atoms with Gasteiger partial charge in [0.15, 0.2) is 0 Å². The standard InChI is InChI=1S/C11H22O3/c1-6-7-9(12)8(2)10(13)14-11(3,4)5/h8-9,12H,6-7H2,1-5H3. The lowest BCUT2D eigenvalue weighted by Crippen LogP contribution is -2.33. The Morgan fingerprint density at radius 2 is 1.93 bits per heavy atom. The summed E-state index contributed by atoms with van der Waals surface area (Å²) < 4.78 is 5.17. The fourth-order valence-corrected chi connectivity index (χ4v) is 1.10. The van der Waals surface area contributed by atoms with Crippen molar-refractivity contribution < 1.29 is 14.6 Å². The van der Waals surface area contributed by atoms with Crippen molar-refractivity contribution in [3.8, 4) is 0 Å². The van der Waals surface area contributed by atoms with E-state index in [0.29, 0.717) is 6.42 Å². The van der Waals surface area contributed by atoms with Crippen molar-refractivity contribution in [2.75, 3.05) is 0 Å². The maximum Gasteiger partial charge on any atom is 0.311 e. The Balaban J connectivity index is 4.12. The lowest BCUT2D eigenvalue weighted by Gasteiger charge is -2.24. The topological polar surface area (TPSA) is 46.5 Å². The smallest absolute Gasteiger partial charge is 0.311 e. The van der Waals surface area contributed by atoms with Crippen LogP contribution < -0.4 is 0 Å². The number of aliphatic hydroxyl groups excluding tert-OH is 1. The highest BCUT2D eigenvalue weighted by Gasteiger charge is 2.26. The van der Waals surface area contributed by atoms with E-state index >= 15 is 0 Å². The lowest BCUT2D eigenvalue weighted by atomic mass is 10.0. The fourth-order valence-electron chi connectivity index (χ4n) is 1.10. The van der Waals surface area contributed by atoms with Crippen LogP contribution in [0.2, 0.25) is 0 Å². The van der Waals surface area contributed by atoms with Crippen LogP contribution in [0, 0.1) is 5.92 Å². The molecule has 0 rings (SSSR count). The van der Waals surface area contributed by atoms with Gasteiger partial charge in [0.2, 0.25) is 0 Å². The zero-order valence-corrected chi connectivity index (χ0v) is 9.83. The zero-order chi connectivity index (χ0) is 11.4. The van der Waals surface area contributed by atoms with E-state index < -0.39 is 17.6 Å². The van der Waals surface area contributed by atoms with Gasteiger partial charge in [-0.1, -0.05) is 13.3 Å². The van der Waals surface area contributed by atoms with E-state index in [9.17, 15) is 9.90 Å². The molecule has 0 aromatic rings. The Morgan fingerprint density at radius 1 is 1.43 bits per heavy atom. The first-order valence-corrected chi connectivity index (χ1v) is 5.19. The second-order valence-electron chi connectivity index (χ2n) is 4.68. The summed E-state index contributed by atoms with van der Waals surface area (Å²) in [7, 11) is 0. The molecule has 0 radical (unpaired) electrons. The number of carbonyl (C=O) groups excluding carboxylic acids is 1. The molecule has 0 aliphatic heterocycles. The minimum Gasteiger partial charge on any atom is -0.460 e. The second kappa shape index (κ2) is 5.35. The Morgan fingerprint density at radius 3 is 2.29 bits per heavy atom. The molecule has 0 aliphatic rings. The number of esters is 1. The normalized spacial score (nSPS) is 16.1. The summed E-state index contributed by atoms with van der Waals surface area (Å²) in [5, 5.41) is 9.58. The first-order chi connectivity index (χ1) is 6.28. The minimum absolute atomic E-state index is 0.321. The van der Waals surface area contributed by atoms with Crippen molar-refractivity contribution in [3.05, 3.63) is 0 Å². The molecule has 84 valence electrons. The minimum atomic E-state index is -0.588. The van der Waals surface area contributed by atoms with Gasteiger partial charge in [-0.3, -0.25) is 4.79 Å². The molecule has 0 saturated heterocycles. The van der Waals surface area contributed by atoms with Gasteiger partial charge in [0, 0.05) is 0 Å². The SMILES string of the molecule is CCCC(O)C(C)C(=O)OC(C)(C)C. The zero-order valence-electron chi connectivity index (χ0n) is 9.83. The maximum atomic E-state index is 11.5. The molecule has 3 heteroatoms. The van der Waals surface area contributed by atoms with E-state index in [1.807, 2.05) is 27.7 Å². The molecule has 0 saturated carbocycles. The quantitative estimate of drug-likeness (QED) is 0.710.